The Kier molecular flexibility index (Phi) is 3.66. The average molecular weight is 290 g/mol. The number of ketones is 1. The van der Waals surface area contributed by atoms with E-state index in [9.17, 15) is 13.6 Å². The zero-order chi connectivity index (χ0) is 14.8. The molecule has 0 radical (unpaired) electrons. The molecule has 3 rings (SSSR count). The second kappa shape index (κ2) is 5.61. The Labute approximate surface area is 120 Å². The minimum absolute atomic E-state index is 0.116. The van der Waals surface area contributed by atoms with Gasteiger partial charge in [0, 0.05) is 5.56 Å². The number of ether oxygens (including phenoxy) is 2. The quantitative estimate of drug-likeness (QED) is 0.808. The molecule has 108 valence electrons. The number of hydrogen-bond donors (Lipinski definition) is 0. The van der Waals surface area contributed by atoms with Gasteiger partial charge in [-0.15, -0.1) is 0 Å². The van der Waals surface area contributed by atoms with Crippen LogP contribution in [0, 0.1) is 0 Å². The number of carbonyl (C=O) groups is 1. The van der Waals surface area contributed by atoms with E-state index >= 15 is 0 Å². The molecular weight excluding hydrogens is 278 g/mol. The van der Waals surface area contributed by atoms with Crippen LogP contribution >= 0.6 is 0 Å². The SMILES string of the molecule is O=C(c1ccc2c(c1)COC2)c1ccccc1OC(F)F. The number of fused-ring (bicyclic) bond motifs is 1. The third kappa shape index (κ3) is 2.78. The summed E-state index contributed by atoms with van der Waals surface area (Å²) < 4.78 is 34.5. The molecule has 0 unspecified atom stereocenters. The molecule has 0 N–H and O–H groups in total. The van der Waals surface area contributed by atoms with Crippen LogP contribution in [0.2, 0.25) is 0 Å². The minimum atomic E-state index is -2.97. The first-order chi connectivity index (χ1) is 10.1. The zero-order valence-corrected chi connectivity index (χ0v) is 11.0. The molecule has 21 heavy (non-hydrogen) atoms. The molecule has 0 aliphatic carbocycles. The zero-order valence-electron chi connectivity index (χ0n) is 11.0. The van der Waals surface area contributed by atoms with Gasteiger partial charge in [0.15, 0.2) is 5.78 Å². The molecule has 0 fully saturated rings. The Morgan fingerprint density at radius 2 is 1.86 bits per heavy atom. The highest BCUT2D eigenvalue weighted by Crippen LogP contribution is 2.26. The van der Waals surface area contributed by atoms with Gasteiger partial charge in [-0.2, -0.15) is 8.78 Å². The van der Waals surface area contributed by atoms with Gasteiger partial charge in [0.05, 0.1) is 18.8 Å². The lowest BCUT2D eigenvalue weighted by molar-refractivity contribution is -0.0501. The van der Waals surface area contributed by atoms with Gasteiger partial charge in [-0.05, 0) is 29.3 Å². The van der Waals surface area contributed by atoms with Crippen LogP contribution in [0.4, 0.5) is 8.78 Å². The molecular formula is C16H12F2O3. The first-order valence-corrected chi connectivity index (χ1v) is 6.43. The van der Waals surface area contributed by atoms with Crippen molar-refractivity contribution in [3.63, 3.8) is 0 Å². The van der Waals surface area contributed by atoms with Crippen molar-refractivity contribution < 1.29 is 23.0 Å². The number of carbonyl (C=O) groups excluding carboxylic acids is 1. The monoisotopic (exact) mass is 290 g/mol. The average Bonchev–Trinajstić information content (AvgIpc) is 2.94. The van der Waals surface area contributed by atoms with E-state index in [0.29, 0.717) is 18.8 Å². The van der Waals surface area contributed by atoms with Crippen molar-refractivity contribution >= 4 is 5.78 Å². The Bertz CT molecular complexity index is 683. The summed E-state index contributed by atoms with van der Waals surface area (Å²) in [4.78, 5) is 12.5. The van der Waals surface area contributed by atoms with Gasteiger partial charge in [-0.25, -0.2) is 0 Å². The molecule has 0 saturated carbocycles. The third-order valence-electron chi connectivity index (χ3n) is 3.33. The van der Waals surface area contributed by atoms with E-state index < -0.39 is 6.61 Å². The number of para-hydroxylation sites is 1. The molecule has 5 heteroatoms. The summed E-state index contributed by atoms with van der Waals surface area (Å²) in [5.74, 6) is -0.463. The minimum Gasteiger partial charge on any atom is -0.434 e. The summed E-state index contributed by atoms with van der Waals surface area (Å²) >= 11 is 0. The second-order valence-corrected chi connectivity index (χ2v) is 4.68. The summed E-state index contributed by atoms with van der Waals surface area (Å²) in [7, 11) is 0. The molecule has 1 heterocycles. The standard InChI is InChI=1S/C16H12F2O3/c17-16(18)21-14-4-2-1-3-13(14)15(19)10-5-6-11-8-20-9-12(11)7-10/h1-7,16H,8-9H2. The van der Waals surface area contributed by atoms with Gasteiger partial charge in [-0.1, -0.05) is 24.3 Å². The molecule has 0 saturated heterocycles. The van der Waals surface area contributed by atoms with Gasteiger partial charge in [-0.3, -0.25) is 4.79 Å². The maximum Gasteiger partial charge on any atom is 0.387 e. The predicted molar refractivity (Wildman–Crippen MR) is 71.4 cm³/mol. The van der Waals surface area contributed by atoms with Crippen LogP contribution in [-0.2, 0) is 18.0 Å². The number of alkyl halides is 2. The molecule has 3 nitrogen and oxygen atoms in total. The third-order valence-corrected chi connectivity index (χ3v) is 3.33. The maximum atomic E-state index is 12.5. The second-order valence-electron chi connectivity index (χ2n) is 4.68. The van der Waals surface area contributed by atoms with Crippen LogP contribution < -0.4 is 4.74 Å². The topological polar surface area (TPSA) is 35.5 Å². The highest BCUT2D eigenvalue weighted by molar-refractivity contribution is 6.10. The van der Waals surface area contributed by atoms with Crippen LogP contribution in [0.5, 0.6) is 5.75 Å². The lowest BCUT2D eigenvalue weighted by atomic mass is 9.99. The summed E-state index contributed by atoms with van der Waals surface area (Å²) in [6.45, 7) is -1.96. The first kappa shape index (κ1) is 13.7. The Morgan fingerprint density at radius 3 is 2.67 bits per heavy atom. The van der Waals surface area contributed by atoms with E-state index in [0.717, 1.165) is 11.1 Å². The normalized spacial score (nSPS) is 13.3. The first-order valence-electron chi connectivity index (χ1n) is 6.43. The molecule has 2 aromatic carbocycles. The Balaban J connectivity index is 1.95. The number of halogens is 2. The van der Waals surface area contributed by atoms with Crippen LogP contribution in [0.25, 0.3) is 0 Å². The largest absolute Gasteiger partial charge is 0.434 e. The van der Waals surface area contributed by atoms with Gasteiger partial charge in [0.1, 0.15) is 5.75 Å². The van der Waals surface area contributed by atoms with Gasteiger partial charge >= 0.3 is 6.61 Å². The van der Waals surface area contributed by atoms with Crippen molar-refractivity contribution in [2.75, 3.05) is 0 Å². The van der Waals surface area contributed by atoms with E-state index in [2.05, 4.69) is 4.74 Å². The van der Waals surface area contributed by atoms with Crippen molar-refractivity contribution in [1.82, 2.24) is 0 Å². The van der Waals surface area contributed by atoms with Crippen LogP contribution in [-0.4, -0.2) is 12.4 Å². The molecule has 2 aromatic rings. The molecule has 0 amide bonds. The number of rotatable bonds is 4. The summed E-state index contributed by atoms with van der Waals surface area (Å²) in [5, 5.41) is 0. The molecule has 1 aliphatic rings. The van der Waals surface area contributed by atoms with Crippen molar-refractivity contribution in [2.24, 2.45) is 0 Å². The molecule has 0 spiro atoms. The Morgan fingerprint density at radius 1 is 1.10 bits per heavy atom. The fourth-order valence-corrected chi connectivity index (χ4v) is 2.32. The lowest BCUT2D eigenvalue weighted by Gasteiger charge is -2.10. The van der Waals surface area contributed by atoms with E-state index in [1.807, 2.05) is 6.07 Å². The molecule has 0 aromatic heterocycles. The van der Waals surface area contributed by atoms with Crippen molar-refractivity contribution in [1.29, 1.82) is 0 Å². The van der Waals surface area contributed by atoms with Crippen molar-refractivity contribution in [3.05, 3.63) is 64.7 Å². The van der Waals surface area contributed by atoms with Gasteiger partial charge in [0.25, 0.3) is 0 Å². The van der Waals surface area contributed by atoms with Crippen molar-refractivity contribution in [3.8, 4) is 5.75 Å². The van der Waals surface area contributed by atoms with Crippen LogP contribution in [0.3, 0.4) is 0 Å². The van der Waals surface area contributed by atoms with Crippen LogP contribution in [0.15, 0.2) is 42.5 Å². The van der Waals surface area contributed by atoms with E-state index in [1.165, 1.54) is 12.1 Å². The summed E-state index contributed by atoms with van der Waals surface area (Å²) in [5.41, 5.74) is 2.55. The summed E-state index contributed by atoms with van der Waals surface area (Å²) in [6, 6.07) is 11.2. The smallest absolute Gasteiger partial charge is 0.387 e. The number of benzene rings is 2. The Hall–Kier alpha value is -2.27. The fourth-order valence-electron chi connectivity index (χ4n) is 2.32. The van der Waals surface area contributed by atoms with Crippen LogP contribution in [0.1, 0.15) is 27.0 Å². The lowest BCUT2D eigenvalue weighted by Crippen LogP contribution is -2.09. The highest BCUT2D eigenvalue weighted by Gasteiger charge is 2.19. The summed E-state index contributed by atoms with van der Waals surface area (Å²) in [6.07, 6.45) is 0. The molecule has 0 bridgehead atoms. The number of hydrogen-bond acceptors (Lipinski definition) is 3. The highest BCUT2D eigenvalue weighted by atomic mass is 19.3. The van der Waals surface area contributed by atoms with E-state index in [1.54, 1.807) is 24.3 Å². The van der Waals surface area contributed by atoms with Crippen molar-refractivity contribution in [2.45, 2.75) is 19.8 Å². The predicted octanol–water partition coefficient (Wildman–Crippen LogP) is 3.55. The van der Waals surface area contributed by atoms with E-state index in [4.69, 9.17) is 4.74 Å². The van der Waals surface area contributed by atoms with Gasteiger partial charge in [0.2, 0.25) is 0 Å². The van der Waals surface area contributed by atoms with Gasteiger partial charge < -0.3 is 9.47 Å². The fraction of sp³-hybridized carbons (Fsp3) is 0.188. The van der Waals surface area contributed by atoms with E-state index in [-0.39, 0.29) is 17.1 Å². The molecule has 1 aliphatic heterocycles. The molecule has 0 atom stereocenters. The maximum absolute atomic E-state index is 12.5.